The van der Waals surface area contributed by atoms with Gasteiger partial charge in [0.15, 0.2) is 0 Å². The van der Waals surface area contributed by atoms with Crippen LogP contribution in [-0.2, 0) is 4.74 Å². The predicted octanol–water partition coefficient (Wildman–Crippen LogP) is 1.21. The summed E-state index contributed by atoms with van der Waals surface area (Å²) in [7, 11) is 0. The van der Waals surface area contributed by atoms with E-state index in [1.54, 1.807) is 0 Å². The summed E-state index contributed by atoms with van der Waals surface area (Å²) in [6, 6.07) is 0. The zero-order chi connectivity index (χ0) is 11.3. The molecule has 0 bridgehead atoms. The van der Waals surface area contributed by atoms with Crippen molar-refractivity contribution >= 4 is 11.8 Å². The van der Waals surface area contributed by atoms with Crippen LogP contribution < -0.4 is 0 Å². The molecule has 0 aromatic carbocycles. The van der Waals surface area contributed by atoms with Crippen molar-refractivity contribution < 1.29 is 9.84 Å². The van der Waals surface area contributed by atoms with Gasteiger partial charge in [-0.15, -0.1) is 0 Å². The van der Waals surface area contributed by atoms with Crippen molar-refractivity contribution in [1.29, 1.82) is 0 Å². The molecule has 15 heavy (non-hydrogen) atoms. The second-order valence-corrected chi connectivity index (χ2v) is 6.46. The Bertz CT molecular complexity index is 187. The molecule has 4 heteroatoms. The summed E-state index contributed by atoms with van der Waals surface area (Å²) < 4.78 is 5.53. The SMILES string of the molecule is CCOCC(O)CN1CCSC(C)(C)C1. The van der Waals surface area contributed by atoms with Gasteiger partial charge in [-0.1, -0.05) is 0 Å². The Morgan fingerprint density at radius 1 is 1.53 bits per heavy atom. The van der Waals surface area contributed by atoms with Crippen molar-refractivity contribution in [3.05, 3.63) is 0 Å². The molecular weight excluding hydrogens is 210 g/mol. The molecule has 1 saturated heterocycles. The number of ether oxygens (including phenoxy) is 1. The maximum Gasteiger partial charge on any atom is 0.0900 e. The van der Waals surface area contributed by atoms with Crippen molar-refractivity contribution in [2.45, 2.75) is 31.6 Å². The van der Waals surface area contributed by atoms with Crippen LogP contribution in [0.15, 0.2) is 0 Å². The lowest BCUT2D eigenvalue weighted by Crippen LogP contribution is -2.46. The molecular formula is C11H23NO2S. The molecule has 1 atom stereocenters. The van der Waals surface area contributed by atoms with Crippen molar-refractivity contribution in [1.82, 2.24) is 4.90 Å². The molecule has 1 rings (SSSR count). The van der Waals surface area contributed by atoms with Gasteiger partial charge in [0.1, 0.15) is 0 Å². The average Bonchev–Trinajstić information content (AvgIpc) is 2.13. The van der Waals surface area contributed by atoms with Crippen molar-refractivity contribution in [3.8, 4) is 0 Å². The number of aliphatic hydroxyl groups excluding tert-OH is 1. The van der Waals surface area contributed by atoms with E-state index in [0.717, 1.165) is 25.4 Å². The molecule has 1 fully saturated rings. The lowest BCUT2D eigenvalue weighted by Gasteiger charge is -2.38. The van der Waals surface area contributed by atoms with E-state index in [2.05, 4.69) is 18.7 Å². The lowest BCUT2D eigenvalue weighted by atomic mass is 10.1. The number of hydrogen-bond acceptors (Lipinski definition) is 4. The molecule has 3 nitrogen and oxygen atoms in total. The van der Waals surface area contributed by atoms with Crippen LogP contribution in [0.1, 0.15) is 20.8 Å². The Kier molecular flexibility index (Phi) is 5.39. The fourth-order valence-corrected chi connectivity index (χ4v) is 3.05. The maximum atomic E-state index is 9.73. The van der Waals surface area contributed by atoms with Gasteiger partial charge in [0.25, 0.3) is 0 Å². The van der Waals surface area contributed by atoms with Gasteiger partial charge < -0.3 is 9.84 Å². The summed E-state index contributed by atoms with van der Waals surface area (Å²) in [6.07, 6.45) is -0.344. The first-order valence-electron chi connectivity index (χ1n) is 5.65. The van der Waals surface area contributed by atoms with Gasteiger partial charge in [-0.2, -0.15) is 11.8 Å². The third-order valence-corrected chi connectivity index (χ3v) is 3.79. The number of β-amino-alcohol motifs (C(OH)–C–C–N with tert-alkyl or cyclic N) is 1. The molecule has 90 valence electrons. The summed E-state index contributed by atoms with van der Waals surface area (Å²) in [4.78, 5) is 2.33. The molecule has 1 aliphatic heterocycles. The molecule has 0 aromatic rings. The number of thioether (sulfide) groups is 1. The first kappa shape index (κ1) is 13.3. The molecule has 0 saturated carbocycles. The second-order valence-electron chi connectivity index (χ2n) is 4.66. The Morgan fingerprint density at radius 3 is 2.87 bits per heavy atom. The fraction of sp³-hybridized carbons (Fsp3) is 1.00. The van der Waals surface area contributed by atoms with E-state index in [1.165, 1.54) is 0 Å². The van der Waals surface area contributed by atoms with Crippen LogP contribution >= 0.6 is 11.8 Å². The second kappa shape index (κ2) is 6.09. The normalized spacial score (nSPS) is 24.0. The Balaban J connectivity index is 2.25. The minimum absolute atomic E-state index is 0.323. The monoisotopic (exact) mass is 233 g/mol. The minimum Gasteiger partial charge on any atom is -0.389 e. The summed E-state index contributed by atoms with van der Waals surface area (Å²) in [6.45, 7) is 10.5. The first-order chi connectivity index (χ1) is 7.03. The van der Waals surface area contributed by atoms with Crippen LogP contribution in [-0.4, -0.2) is 59.5 Å². The van der Waals surface area contributed by atoms with E-state index in [1.807, 2.05) is 18.7 Å². The van der Waals surface area contributed by atoms with Crippen LogP contribution in [0, 0.1) is 0 Å². The summed E-state index contributed by atoms with van der Waals surface area (Å²) in [5, 5.41) is 9.73. The van der Waals surface area contributed by atoms with Gasteiger partial charge >= 0.3 is 0 Å². The third-order valence-electron chi connectivity index (χ3n) is 2.49. The van der Waals surface area contributed by atoms with Gasteiger partial charge in [0.05, 0.1) is 12.7 Å². The predicted molar refractivity (Wildman–Crippen MR) is 65.5 cm³/mol. The molecule has 1 unspecified atom stereocenters. The fourth-order valence-electron chi connectivity index (χ4n) is 1.87. The highest BCUT2D eigenvalue weighted by molar-refractivity contribution is 8.00. The van der Waals surface area contributed by atoms with Crippen LogP contribution in [0.5, 0.6) is 0 Å². The van der Waals surface area contributed by atoms with Gasteiger partial charge in [-0.05, 0) is 20.8 Å². The van der Waals surface area contributed by atoms with Crippen LogP contribution in [0.3, 0.4) is 0 Å². The zero-order valence-corrected chi connectivity index (χ0v) is 10.8. The van der Waals surface area contributed by atoms with Gasteiger partial charge in [-0.3, -0.25) is 4.90 Å². The number of aliphatic hydroxyl groups is 1. The first-order valence-corrected chi connectivity index (χ1v) is 6.64. The molecule has 0 radical (unpaired) electrons. The van der Waals surface area contributed by atoms with Gasteiger partial charge in [-0.25, -0.2) is 0 Å². The third kappa shape index (κ3) is 5.20. The smallest absolute Gasteiger partial charge is 0.0900 e. The van der Waals surface area contributed by atoms with E-state index < -0.39 is 0 Å². The number of nitrogens with zero attached hydrogens (tertiary/aromatic N) is 1. The van der Waals surface area contributed by atoms with Gasteiger partial charge in [0.2, 0.25) is 0 Å². The molecule has 0 aliphatic carbocycles. The van der Waals surface area contributed by atoms with E-state index in [4.69, 9.17) is 4.74 Å². The Hall–Kier alpha value is 0.230. The van der Waals surface area contributed by atoms with Crippen molar-refractivity contribution in [2.75, 3.05) is 38.6 Å². The van der Waals surface area contributed by atoms with Gasteiger partial charge in [0, 0.05) is 36.7 Å². The zero-order valence-electron chi connectivity index (χ0n) is 10.0. The van der Waals surface area contributed by atoms with E-state index in [0.29, 0.717) is 18.0 Å². The topological polar surface area (TPSA) is 32.7 Å². The number of hydrogen-bond donors (Lipinski definition) is 1. The van der Waals surface area contributed by atoms with E-state index in [9.17, 15) is 5.11 Å². The summed E-state index contributed by atoms with van der Waals surface area (Å²) in [5.41, 5.74) is 0. The van der Waals surface area contributed by atoms with Crippen LogP contribution in [0.4, 0.5) is 0 Å². The maximum absolute atomic E-state index is 9.73. The molecule has 0 aromatic heterocycles. The molecule has 0 spiro atoms. The van der Waals surface area contributed by atoms with Crippen LogP contribution in [0.2, 0.25) is 0 Å². The molecule has 1 N–H and O–H groups in total. The summed E-state index contributed by atoms with van der Waals surface area (Å²) in [5.74, 6) is 1.16. The lowest BCUT2D eigenvalue weighted by molar-refractivity contribution is 0.0204. The quantitative estimate of drug-likeness (QED) is 0.774. The van der Waals surface area contributed by atoms with E-state index in [-0.39, 0.29) is 6.10 Å². The largest absolute Gasteiger partial charge is 0.389 e. The van der Waals surface area contributed by atoms with Crippen LogP contribution in [0.25, 0.3) is 0 Å². The van der Waals surface area contributed by atoms with E-state index >= 15 is 0 Å². The highest BCUT2D eigenvalue weighted by Gasteiger charge is 2.27. The molecule has 0 amide bonds. The Morgan fingerprint density at radius 2 is 2.27 bits per heavy atom. The molecule has 1 heterocycles. The minimum atomic E-state index is -0.344. The standard InChI is InChI=1S/C11H23NO2S/c1-4-14-8-10(13)7-12-5-6-15-11(2,3)9-12/h10,13H,4-9H2,1-3H3. The van der Waals surface area contributed by atoms with Crippen molar-refractivity contribution in [2.24, 2.45) is 0 Å². The Labute approximate surface area is 97.2 Å². The highest BCUT2D eigenvalue weighted by atomic mass is 32.2. The van der Waals surface area contributed by atoms with Crippen molar-refractivity contribution in [3.63, 3.8) is 0 Å². The average molecular weight is 233 g/mol. The number of rotatable bonds is 5. The summed E-state index contributed by atoms with van der Waals surface area (Å²) >= 11 is 2.01. The highest BCUT2D eigenvalue weighted by Crippen LogP contribution is 2.29. The molecule has 1 aliphatic rings.